The van der Waals surface area contributed by atoms with Crippen molar-refractivity contribution in [1.82, 2.24) is 0 Å². The maximum Gasteiger partial charge on any atom is 0.342 e. The summed E-state index contributed by atoms with van der Waals surface area (Å²) in [5.41, 5.74) is 0.884. The Kier molecular flexibility index (Phi) is 4.73. The number of halogens is 1. The van der Waals surface area contributed by atoms with Crippen LogP contribution in [0.5, 0.6) is 5.75 Å². The average molecular weight is 313 g/mol. The van der Waals surface area contributed by atoms with E-state index in [0.29, 0.717) is 28.5 Å². The summed E-state index contributed by atoms with van der Waals surface area (Å²) in [6, 6.07) is 3.16. The quantitative estimate of drug-likeness (QED) is 0.782. The number of hydrogen-bond donors (Lipinski definition) is 0. The van der Waals surface area contributed by atoms with Crippen LogP contribution in [-0.2, 0) is 14.3 Å². The molecule has 1 aliphatic heterocycles. The summed E-state index contributed by atoms with van der Waals surface area (Å²) in [6.07, 6.45) is -0.714. The lowest BCUT2D eigenvalue weighted by Crippen LogP contribution is -2.13. The van der Waals surface area contributed by atoms with Gasteiger partial charge in [0.2, 0.25) is 0 Å². The maximum atomic E-state index is 11.9. The number of methoxy groups -OCH3 is 1. The molecule has 21 heavy (non-hydrogen) atoms. The van der Waals surface area contributed by atoms with Crippen LogP contribution in [0.4, 0.5) is 0 Å². The molecule has 2 rings (SSSR count). The van der Waals surface area contributed by atoms with E-state index in [1.807, 2.05) is 13.8 Å². The topological polar surface area (TPSA) is 61.8 Å². The van der Waals surface area contributed by atoms with Gasteiger partial charge in [-0.3, -0.25) is 4.79 Å². The second-order valence-electron chi connectivity index (χ2n) is 5.25. The highest BCUT2D eigenvalue weighted by molar-refractivity contribution is 6.31. The fourth-order valence-corrected chi connectivity index (χ4v) is 2.33. The summed E-state index contributed by atoms with van der Waals surface area (Å²) in [5.74, 6) is -0.323. The molecule has 0 spiro atoms. The molecule has 1 atom stereocenters. The van der Waals surface area contributed by atoms with E-state index in [2.05, 4.69) is 0 Å². The minimum absolute atomic E-state index is 0.0328. The third kappa shape index (κ3) is 3.47. The molecular weight excluding hydrogens is 296 g/mol. The molecule has 0 saturated carbocycles. The molecule has 1 aliphatic rings. The number of hydrogen-bond acceptors (Lipinski definition) is 5. The summed E-state index contributed by atoms with van der Waals surface area (Å²) in [5, 5.41) is 0.421. The van der Waals surface area contributed by atoms with Crippen LogP contribution in [0.1, 0.15) is 42.3 Å². The standard InChI is InChI=1S/C15H17ClO5/c1-8(2)7-20-13(17)6-11-10-4-9(16)5-12(19-3)14(10)15(18)21-11/h4-5,8,11H,6-7H2,1-3H3. The first-order chi connectivity index (χ1) is 9.92. The van der Waals surface area contributed by atoms with Crippen molar-refractivity contribution in [1.29, 1.82) is 0 Å². The predicted octanol–water partition coefficient (Wildman–Crippen LogP) is 3.15. The van der Waals surface area contributed by atoms with Crippen molar-refractivity contribution in [3.8, 4) is 5.75 Å². The van der Waals surface area contributed by atoms with Gasteiger partial charge in [0.15, 0.2) is 0 Å². The van der Waals surface area contributed by atoms with Gasteiger partial charge >= 0.3 is 11.9 Å². The number of esters is 2. The van der Waals surface area contributed by atoms with Crippen LogP contribution >= 0.6 is 11.6 Å². The Morgan fingerprint density at radius 1 is 1.43 bits per heavy atom. The third-order valence-corrected chi connectivity index (χ3v) is 3.27. The number of carbonyl (C=O) groups excluding carboxylic acids is 2. The summed E-state index contributed by atoms with van der Waals surface area (Å²) < 4.78 is 15.5. The SMILES string of the molecule is COc1cc(Cl)cc2c1C(=O)OC2CC(=O)OCC(C)C. The lowest BCUT2D eigenvalue weighted by atomic mass is 10.0. The van der Waals surface area contributed by atoms with Crippen LogP contribution in [-0.4, -0.2) is 25.7 Å². The van der Waals surface area contributed by atoms with E-state index in [4.69, 9.17) is 25.8 Å². The van der Waals surface area contributed by atoms with Gasteiger partial charge in [-0.1, -0.05) is 25.4 Å². The molecule has 0 amide bonds. The van der Waals surface area contributed by atoms with Crippen molar-refractivity contribution >= 4 is 23.5 Å². The third-order valence-electron chi connectivity index (χ3n) is 3.05. The first-order valence-electron chi connectivity index (χ1n) is 6.66. The van der Waals surface area contributed by atoms with E-state index >= 15 is 0 Å². The normalized spacial score (nSPS) is 16.6. The molecule has 1 unspecified atom stereocenters. The van der Waals surface area contributed by atoms with E-state index in [-0.39, 0.29) is 12.3 Å². The molecule has 0 radical (unpaired) electrons. The zero-order valence-corrected chi connectivity index (χ0v) is 12.9. The van der Waals surface area contributed by atoms with Crippen LogP contribution in [0.15, 0.2) is 12.1 Å². The largest absolute Gasteiger partial charge is 0.496 e. The molecule has 6 heteroatoms. The summed E-state index contributed by atoms with van der Waals surface area (Å²) in [6.45, 7) is 4.23. The molecule has 0 saturated heterocycles. The molecular formula is C15H17ClO5. The minimum atomic E-state index is -0.681. The van der Waals surface area contributed by atoms with Crippen LogP contribution in [0.3, 0.4) is 0 Å². The Labute approximate surface area is 128 Å². The van der Waals surface area contributed by atoms with Gasteiger partial charge < -0.3 is 14.2 Å². The number of fused-ring (bicyclic) bond motifs is 1. The number of benzene rings is 1. The smallest absolute Gasteiger partial charge is 0.342 e. The Morgan fingerprint density at radius 3 is 2.76 bits per heavy atom. The van der Waals surface area contributed by atoms with E-state index in [1.54, 1.807) is 12.1 Å². The highest BCUT2D eigenvalue weighted by Gasteiger charge is 2.36. The summed E-state index contributed by atoms with van der Waals surface area (Å²) in [4.78, 5) is 23.7. The first-order valence-corrected chi connectivity index (χ1v) is 7.04. The van der Waals surface area contributed by atoms with Gasteiger partial charge in [-0.2, -0.15) is 0 Å². The van der Waals surface area contributed by atoms with Crippen molar-refractivity contribution in [3.63, 3.8) is 0 Å². The lowest BCUT2D eigenvalue weighted by Gasteiger charge is -2.12. The second-order valence-corrected chi connectivity index (χ2v) is 5.68. The molecule has 0 N–H and O–H groups in total. The molecule has 1 aromatic rings. The second kappa shape index (κ2) is 6.35. The van der Waals surface area contributed by atoms with Crippen molar-refractivity contribution < 1.29 is 23.8 Å². The fourth-order valence-electron chi connectivity index (χ4n) is 2.11. The Hall–Kier alpha value is -1.75. The van der Waals surface area contributed by atoms with Gasteiger partial charge in [0.1, 0.15) is 17.4 Å². The van der Waals surface area contributed by atoms with Crippen LogP contribution < -0.4 is 4.74 Å². The molecule has 0 fully saturated rings. The molecule has 0 aromatic heterocycles. The van der Waals surface area contributed by atoms with E-state index < -0.39 is 18.0 Å². The van der Waals surface area contributed by atoms with Crippen LogP contribution in [0.25, 0.3) is 0 Å². The van der Waals surface area contributed by atoms with Crippen molar-refractivity contribution in [2.45, 2.75) is 26.4 Å². The van der Waals surface area contributed by atoms with E-state index in [0.717, 1.165) is 0 Å². The fraction of sp³-hybridized carbons (Fsp3) is 0.467. The van der Waals surface area contributed by atoms with Gasteiger partial charge in [0.25, 0.3) is 0 Å². The molecule has 5 nitrogen and oxygen atoms in total. The number of ether oxygens (including phenoxy) is 3. The van der Waals surface area contributed by atoms with Gasteiger partial charge in [-0.05, 0) is 18.1 Å². The maximum absolute atomic E-state index is 11.9. The number of carbonyl (C=O) groups is 2. The minimum Gasteiger partial charge on any atom is -0.496 e. The first kappa shape index (κ1) is 15.6. The van der Waals surface area contributed by atoms with Crippen molar-refractivity contribution in [2.24, 2.45) is 5.92 Å². The van der Waals surface area contributed by atoms with Crippen LogP contribution in [0, 0.1) is 5.92 Å². The van der Waals surface area contributed by atoms with Gasteiger partial charge in [-0.25, -0.2) is 4.79 Å². The highest BCUT2D eigenvalue weighted by Crippen LogP contribution is 2.40. The van der Waals surface area contributed by atoms with Gasteiger partial charge in [0, 0.05) is 10.6 Å². The Morgan fingerprint density at radius 2 is 2.14 bits per heavy atom. The van der Waals surface area contributed by atoms with E-state index in [1.165, 1.54) is 7.11 Å². The van der Waals surface area contributed by atoms with Gasteiger partial charge in [-0.15, -0.1) is 0 Å². The molecule has 1 aromatic carbocycles. The molecule has 114 valence electrons. The summed E-state index contributed by atoms with van der Waals surface area (Å²) >= 11 is 6.00. The number of rotatable bonds is 5. The average Bonchev–Trinajstić information content (AvgIpc) is 2.72. The monoisotopic (exact) mass is 312 g/mol. The van der Waals surface area contributed by atoms with Crippen molar-refractivity contribution in [3.05, 3.63) is 28.3 Å². The lowest BCUT2D eigenvalue weighted by molar-refractivity contribution is -0.146. The van der Waals surface area contributed by atoms with Crippen molar-refractivity contribution in [2.75, 3.05) is 13.7 Å². The Bertz CT molecular complexity index is 567. The highest BCUT2D eigenvalue weighted by atomic mass is 35.5. The zero-order valence-electron chi connectivity index (χ0n) is 12.1. The molecule has 0 aliphatic carbocycles. The van der Waals surface area contributed by atoms with E-state index in [9.17, 15) is 9.59 Å². The number of cyclic esters (lactones) is 1. The Balaban J connectivity index is 2.18. The summed E-state index contributed by atoms with van der Waals surface area (Å²) in [7, 11) is 1.45. The molecule has 1 heterocycles. The van der Waals surface area contributed by atoms with Gasteiger partial charge in [0.05, 0.1) is 20.1 Å². The predicted molar refractivity (Wildman–Crippen MR) is 76.6 cm³/mol. The molecule has 0 bridgehead atoms. The van der Waals surface area contributed by atoms with Crippen LogP contribution in [0.2, 0.25) is 5.02 Å². The zero-order chi connectivity index (χ0) is 15.6.